The number of nitrogens with zero attached hydrogens (tertiary/aromatic N) is 2. The Bertz CT molecular complexity index is 1560. The molecule has 0 bridgehead atoms. The molecule has 4 aromatic carbocycles. The Hall–Kier alpha value is -4.53. The lowest BCUT2D eigenvalue weighted by Gasteiger charge is -2.18. The van der Waals surface area contributed by atoms with Gasteiger partial charge >= 0.3 is 0 Å². The van der Waals surface area contributed by atoms with Crippen molar-refractivity contribution in [3.63, 3.8) is 0 Å². The molecule has 1 heterocycles. The Labute approximate surface area is 208 Å². The van der Waals surface area contributed by atoms with Crippen LogP contribution in [0.2, 0.25) is 0 Å². The van der Waals surface area contributed by atoms with Gasteiger partial charge in [0.2, 0.25) is 0 Å². The molecule has 1 N–H and O–H groups in total. The number of amides is 1. The first kappa shape index (κ1) is 23.2. The summed E-state index contributed by atoms with van der Waals surface area (Å²) in [5, 5.41) is 0. The van der Waals surface area contributed by atoms with E-state index in [-0.39, 0.29) is 16.5 Å². The second kappa shape index (κ2) is 9.61. The number of amidine groups is 1. The van der Waals surface area contributed by atoms with Crippen LogP contribution in [0.3, 0.4) is 0 Å². The fraction of sp³-hybridized carbons (Fsp3) is 0. The molecule has 1 amide bonds. The third-order valence-electron chi connectivity index (χ3n) is 5.45. The normalized spacial score (nSPS) is 14.7. The number of para-hydroxylation sites is 1. The molecule has 0 spiro atoms. The van der Waals surface area contributed by atoms with Gasteiger partial charge in [-0.3, -0.25) is 14.2 Å². The molecule has 178 valence electrons. The van der Waals surface area contributed by atoms with Crippen molar-refractivity contribution in [2.24, 2.45) is 4.99 Å². The largest absolute Gasteiger partial charge is 0.457 e. The number of hydrogen-bond donors (Lipinski definition) is 1. The molecule has 0 fully saturated rings. The maximum atomic E-state index is 13.4. The molecule has 0 atom stereocenters. The minimum absolute atomic E-state index is 0.226. The minimum Gasteiger partial charge on any atom is -0.457 e. The summed E-state index contributed by atoms with van der Waals surface area (Å²) in [6.45, 7) is 0. The van der Waals surface area contributed by atoms with E-state index in [1.807, 2.05) is 84.9 Å². The average molecular weight is 497 g/mol. The topological polar surface area (TPSA) is 96.3 Å². The molecule has 8 heteroatoms. The fourth-order valence-electron chi connectivity index (χ4n) is 3.72. The van der Waals surface area contributed by atoms with Gasteiger partial charge in [-0.1, -0.05) is 60.7 Å². The molecule has 0 aromatic heterocycles. The molecule has 5 rings (SSSR count). The van der Waals surface area contributed by atoms with E-state index in [2.05, 4.69) is 4.99 Å². The van der Waals surface area contributed by atoms with Crippen LogP contribution < -0.4 is 9.64 Å². The van der Waals surface area contributed by atoms with Crippen molar-refractivity contribution in [2.45, 2.75) is 4.90 Å². The van der Waals surface area contributed by atoms with E-state index >= 15 is 0 Å². The van der Waals surface area contributed by atoms with Crippen LogP contribution in [0.1, 0.15) is 11.1 Å². The van der Waals surface area contributed by atoms with Gasteiger partial charge in [0, 0.05) is 5.56 Å². The van der Waals surface area contributed by atoms with Crippen LogP contribution in [-0.2, 0) is 14.9 Å². The molecule has 0 saturated heterocycles. The maximum Gasteiger partial charge on any atom is 0.294 e. The lowest BCUT2D eigenvalue weighted by atomic mass is 10.1. The van der Waals surface area contributed by atoms with Gasteiger partial charge in [0.05, 0.1) is 10.6 Å². The van der Waals surface area contributed by atoms with Gasteiger partial charge in [0.25, 0.3) is 16.0 Å². The van der Waals surface area contributed by atoms with Crippen molar-refractivity contribution in [3.05, 3.63) is 126 Å². The smallest absolute Gasteiger partial charge is 0.294 e. The highest BCUT2D eigenvalue weighted by Gasteiger charge is 2.32. The third kappa shape index (κ3) is 4.95. The molecule has 1 aliphatic rings. The zero-order chi connectivity index (χ0) is 25.1. The first-order valence-electron chi connectivity index (χ1n) is 11.0. The van der Waals surface area contributed by atoms with E-state index in [1.54, 1.807) is 6.08 Å². The minimum atomic E-state index is -4.35. The van der Waals surface area contributed by atoms with Crippen molar-refractivity contribution in [1.82, 2.24) is 0 Å². The Morgan fingerprint density at radius 1 is 0.750 bits per heavy atom. The van der Waals surface area contributed by atoms with Crippen LogP contribution >= 0.6 is 0 Å². The quantitative estimate of drug-likeness (QED) is 0.278. The fourth-order valence-corrected chi connectivity index (χ4v) is 4.20. The summed E-state index contributed by atoms with van der Waals surface area (Å²) in [6.07, 6.45) is 1.68. The number of carbonyl (C=O) groups excluding carboxylic acids is 1. The first-order chi connectivity index (χ1) is 17.4. The van der Waals surface area contributed by atoms with Gasteiger partial charge < -0.3 is 4.74 Å². The molecule has 7 nitrogen and oxygen atoms in total. The molecule has 4 aromatic rings. The van der Waals surface area contributed by atoms with Crippen LogP contribution in [0.25, 0.3) is 6.08 Å². The third-order valence-corrected chi connectivity index (χ3v) is 6.32. The molecular weight excluding hydrogens is 476 g/mol. The summed E-state index contributed by atoms with van der Waals surface area (Å²) in [7, 11) is -4.35. The number of hydrogen-bond acceptors (Lipinski definition) is 5. The number of benzene rings is 4. The van der Waals surface area contributed by atoms with E-state index in [0.29, 0.717) is 17.3 Å². The molecule has 1 aliphatic heterocycles. The van der Waals surface area contributed by atoms with Crippen molar-refractivity contribution in [2.75, 3.05) is 4.90 Å². The zero-order valence-corrected chi connectivity index (χ0v) is 19.7. The van der Waals surface area contributed by atoms with Gasteiger partial charge in [-0.2, -0.15) is 8.42 Å². The summed E-state index contributed by atoms with van der Waals surface area (Å²) in [6, 6.07) is 31.3. The predicted octanol–water partition coefficient (Wildman–Crippen LogP) is 5.56. The highest BCUT2D eigenvalue weighted by Crippen LogP contribution is 2.29. The SMILES string of the molecule is O=C1/C(=C\c2ccc(Oc3ccccc3)cc2)N=C(c2ccccc2)N1c1ccc(S(=O)(=O)O)cc1. The first-order valence-corrected chi connectivity index (χ1v) is 12.4. The van der Waals surface area contributed by atoms with Crippen molar-refractivity contribution < 1.29 is 22.5 Å². The molecule has 0 aliphatic carbocycles. The maximum absolute atomic E-state index is 13.4. The molecule has 0 unspecified atom stereocenters. The van der Waals surface area contributed by atoms with E-state index < -0.39 is 10.1 Å². The number of anilines is 1. The zero-order valence-electron chi connectivity index (χ0n) is 18.9. The summed E-state index contributed by atoms with van der Waals surface area (Å²) < 4.78 is 38.0. The van der Waals surface area contributed by atoms with Crippen LogP contribution in [0.15, 0.2) is 125 Å². The predicted molar refractivity (Wildman–Crippen MR) is 138 cm³/mol. The monoisotopic (exact) mass is 496 g/mol. The second-order valence-corrected chi connectivity index (χ2v) is 9.35. The Morgan fingerprint density at radius 3 is 1.94 bits per heavy atom. The Balaban J connectivity index is 1.47. The van der Waals surface area contributed by atoms with Crippen LogP contribution in [-0.4, -0.2) is 24.7 Å². The summed E-state index contributed by atoms with van der Waals surface area (Å²) in [5.41, 5.74) is 2.13. The van der Waals surface area contributed by atoms with E-state index in [1.165, 1.54) is 29.2 Å². The van der Waals surface area contributed by atoms with Crippen molar-refractivity contribution in [3.8, 4) is 11.5 Å². The summed E-state index contributed by atoms with van der Waals surface area (Å²) in [5.74, 6) is 1.44. The van der Waals surface area contributed by atoms with Crippen LogP contribution in [0.5, 0.6) is 11.5 Å². The van der Waals surface area contributed by atoms with Crippen molar-refractivity contribution >= 4 is 33.6 Å². The molecular formula is C28H20N2O5S. The highest BCUT2D eigenvalue weighted by molar-refractivity contribution is 7.85. The van der Waals surface area contributed by atoms with Crippen molar-refractivity contribution in [1.29, 1.82) is 0 Å². The highest BCUT2D eigenvalue weighted by atomic mass is 32.2. The van der Waals surface area contributed by atoms with E-state index in [9.17, 15) is 17.8 Å². The lowest BCUT2D eigenvalue weighted by Crippen LogP contribution is -2.32. The van der Waals surface area contributed by atoms with E-state index in [4.69, 9.17) is 4.74 Å². The Kier molecular flexibility index (Phi) is 6.20. The summed E-state index contributed by atoms with van der Waals surface area (Å²) >= 11 is 0. The Morgan fingerprint density at radius 2 is 1.33 bits per heavy atom. The van der Waals surface area contributed by atoms with Crippen LogP contribution in [0, 0.1) is 0 Å². The molecule has 0 radical (unpaired) electrons. The second-order valence-electron chi connectivity index (χ2n) is 7.92. The molecule has 0 saturated carbocycles. The van der Waals surface area contributed by atoms with Gasteiger partial charge in [-0.15, -0.1) is 0 Å². The lowest BCUT2D eigenvalue weighted by molar-refractivity contribution is -0.113. The average Bonchev–Trinajstić information content (AvgIpc) is 3.21. The number of carbonyl (C=O) groups is 1. The van der Waals surface area contributed by atoms with Gasteiger partial charge in [0.15, 0.2) is 0 Å². The van der Waals surface area contributed by atoms with E-state index in [0.717, 1.165) is 16.9 Å². The van der Waals surface area contributed by atoms with Gasteiger partial charge in [0.1, 0.15) is 23.0 Å². The van der Waals surface area contributed by atoms with Gasteiger partial charge in [-0.25, -0.2) is 4.99 Å². The summed E-state index contributed by atoms with van der Waals surface area (Å²) in [4.78, 5) is 19.2. The van der Waals surface area contributed by atoms with Gasteiger partial charge in [-0.05, 0) is 60.2 Å². The number of rotatable bonds is 6. The molecule has 36 heavy (non-hydrogen) atoms. The van der Waals surface area contributed by atoms with Crippen LogP contribution in [0.4, 0.5) is 5.69 Å². The number of ether oxygens (including phenoxy) is 1. The standard InChI is InChI=1S/C28H20N2O5S/c31-28-26(19-20-11-15-24(16-12-20)35-23-9-5-2-6-10-23)29-27(21-7-3-1-4-8-21)30(28)22-13-17-25(18-14-22)36(32,33)34/h1-19H,(H,32,33,34)/b26-19+. The number of aliphatic imine (C=N–C) groups is 1.